The summed E-state index contributed by atoms with van der Waals surface area (Å²) in [4.78, 5) is 14.6. The van der Waals surface area contributed by atoms with Gasteiger partial charge >= 0.3 is 0 Å². The number of hydrogen-bond acceptors (Lipinski definition) is 2. The Kier molecular flexibility index (Phi) is 3.97. The van der Waals surface area contributed by atoms with Gasteiger partial charge in [0.15, 0.2) is 0 Å². The molecule has 1 fully saturated rings. The molecule has 1 aliphatic rings. The van der Waals surface area contributed by atoms with E-state index in [1.54, 1.807) is 18.7 Å². The van der Waals surface area contributed by atoms with Crippen molar-refractivity contribution in [2.24, 2.45) is 0 Å². The Labute approximate surface area is 128 Å². The smallest absolute Gasteiger partial charge is 0.272 e. The minimum Gasteiger partial charge on any atom is -0.340 e. The maximum Gasteiger partial charge on any atom is 0.272 e. The first-order chi connectivity index (χ1) is 9.27. The van der Waals surface area contributed by atoms with Crippen molar-refractivity contribution < 1.29 is 4.79 Å². The van der Waals surface area contributed by atoms with Crippen molar-refractivity contribution >= 4 is 21.8 Å². The first kappa shape index (κ1) is 15.1. The van der Waals surface area contributed by atoms with Crippen LogP contribution in [0.5, 0.6) is 0 Å². The number of rotatable bonds is 4. The molecule has 4 nitrogen and oxygen atoms in total. The van der Waals surface area contributed by atoms with Gasteiger partial charge in [-0.2, -0.15) is 5.26 Å². The molecule has 1 aromatic rings. The fourth-order valence-corrected chi connectivity index (χ4v) is 2.87. The van der Waals surface area contributed by atoms with Crippen molar-refractivity contribution in [1.82, 2.24) is 9.47 Å². The van der Waals surface area contributed by atoms with Gasteiger partial charge in [-0.3, -0.25) is 4.79 Å². The van der Waals surface area contributed by atoms with Gasteiger partial charge in [0.1, 0.15) is 11.2 Å². The van der Waals surface area contributed by atoms with Crippen molar-refractivity contribution in [3.05, 3.63) is 22.4 Å². The predicted octanol–water partition coefficient (Wildman–Crippen LogP) is 3.74. The lowest BCUT2D eigenvalue weighted by atomic mass is 10.0. The largest absolute Gasteiger partial charge is 0.340 e. The van der Waals surface area contributed by atoms with Gasteiger partial charge in [0, 0.05) is 22.8 Å². The molecule has 0 aromatic carbocycles. The molecule has 0 bridgehead atoms. The van der Waals surface area contributed by atoms with Gasteiger partial charge in [-0.15, -0.1) is 0 Å². The van der Waals surface area contributed by atoms with Crippen LogP contribution in [-0.2, 0) is 0 Å². The lowest BCUT2D eigenvalue weighted by Gasteiger charge is -2.33. The lowest BCUT2D eigenvalue weighted by Crippen LogP contribution is -2.48. The molecule has 0 atom stereocenters. The molecule has 1 amide bonds. The zero-order valence-electron chi connectivity index (χ0n) is 12.4. The van der Waals surface area contributed by atoms with E-state index in [4.69, 9.17) is 0 Å². The molecule has 0 radical (unpaired) electrons. The normalized spacial score (nSPS) is 15.2. The van der Waals surface area contributed by atoms with Crippen molar-refractivity contribution in [2.45, 2.75) is 58.2 Å². The van der Waals surface area contributed by atoms with Crippen LogP contribution in [-0.4, -0.2) is 27.0 Å². The summed E-state index contributed by atoms with van der Waals surface area (Å²) in [6, 6.07) is 4.49. The van der Waals surface area contributed by atoms with E-state index in [-0.39, 0.29) is 18.0 Å². The second kappa shape index (κ2) is 5.25. The monoisotopic (exact) mass is 337 g/mol. The number of aromatic nitrogens is 1. The van der Waals surface area contributed by atoms with Gasteiger partial charge < -0.3 is 9.47 Å². The number of nitrogens with zero attached hydrogens (tertiary/aromatic N) is 3. The molecule has 0 unspecified atom stereocenters. The van der Waals surface area contributed by atoms with E-state index in [0.717, 1.165) is 17.3 Å². The Balaban J connectivity index is 2.41. The molecule has 1 aliphatic carbocycles. The summed E-state index contributed by atoms with van der Waals surface area (Å²) in [5, 5.41) is 9.36. The van der Waals surface area contributed by atoms with Crippen LogP contribution in [0.1, 0.15) is 57.1 Å². The number of carbonyl (C=O) groups is 1. The third-order valence-electron chi connectivity index (χ3n) is 3.60. The molecule has 0 spiro atoms. The van der Waals surface area contributed by atoms with Gasteiger partial charge in [0.25, 0.3) is 5.91 Å². The van der Waals surface area contributed by atoms with Gasteiger partial charge in [0.05, 0.1) is 6.07 Å². The standard InChI is InChI=1S/C15H20BrN3O/c1-10(2)18-8-11(16)7-13(18)14(20)19(12-5-6-12)15(3,4)9-17/h7-8,10,12H,5-6H2,1-4H3. The molecule has 0 aliphatic heterocycles. The summed E-state index contributed by atoms with van der Waals surface area (Å²) in [5.74, 6) is -0.0570. The van der Waals surface area contributed by atoms with Crippen LogP contribution in [0.15, 0.2) is 16.7 Å². The lowest BCUT2D eigenvalue weighted by molar-refractivity contribution is 0.0602. The Morgan fingerprint density at radius 1 is 1.55 bits per heavy atom. The van der Waals surface area contributed by atoms with Crippen LogP contribution >= 0.6 is 15.9 Å². The zero-order chi connectivity index (χ0) is 15.1. The summed E-state index contributed by atoms with van der Waals surface area (Å²) >= 11 is 3.43. The zero-order valence-corrected chi connectivity index (χ0v) is 13.9. The molecule has 1 aromatic heterocycles. The van der Waals surface area contributed by atoms with Crippen LogP contribution < -0.4 is 0 Å². The fraction of sp³-hybridized carbons (Fsp3) is 0.600. The van der Waals surface area contributed by atoms with E-state index in [1.807, 2.05) is 30.7 Å². The summed E-state index contributed by atoms with van der Waals surface area (Å²) in [7, 11) is 0. The second-order valence-corrected chi connectivity index (χ2v) is 7.04. The summed E-state index contributed by atoms with van der Waals surface area (Å²) in [6.07, 6.45) is 3.89. The van der Waals surface area contributed by atoms with E-state index < -0.39 is 5.54 Å². The molecule has 1 heterocycles. The molecular formula is C15H20BrN3O. The quantitative estimate of drug-likeness (QED) is 0.840. The molecule has 108 valence electrons. The Bertz CT molecular complexity index is 564. The third-order valence-corrected chi connectivity index (χ3v) is 4.03. The number of hydrogen-bond donors (Lipinski definition) is 0. The molecule has 1 saturated carbocycles. The molecule has 0 N–H and O–H groups in total. The van der Waals surface area contributed by atoms with E-state index in [1.165, 1.54) is 0 Å². The van der Waals surface area contributed by atoms with Crippen LogP contribution in [0.4, 0.5) is 0 Å². The molecule has 5 heteroatoms. The summed E-state index contributed by atoms with van der Waals surface area (Å²) in [5.41, 5.74) is -0.140. The van der Waals surface area contributed by atoms with Crippen LogP contribution in [0.3, 0.4) is 0 Å². The summed E-state index contributed by atoms with van der Waals surface area (Å²) < 4.78 is 2.84. The number of carbonyl (C=O) groups excluding carboxylic acids is 1. The second-order valence-electron chi connectivity index (χ2n) is 6.12. The molecule has 2 rings (SSSR count). The number of nitriles is 1. The highest BCUT2D eigenvalue weighted by Gasteiger charge is 2.43. The highest BCUT2D eigenvalue weighted by Crippen LogP contribution is 2.35. The highest BCUT2D eigenvalue weighted by atomic mass is 79.9. The first-order valence-corrected chi connectivity index (χ1v) is 7.69. The van der Waals surface area contributed by atoms with Crippen molar-refractivity contribution in [3.63, 3.8) is 0 Å². The highest BCUT2D eigenvalue weighted by molar-refractivity contribution is 9.10. The topological polar surface area (TPSA) is 49.0 Å². The van der Waals surface area contributed by atoms with Crippen molar-refractivity contribution in [3.8, 4) is 6.07 Å². The average molecular weight is 338 g/mol. The Morgan fingerprint density at radius 3 is 2.60 bits per heavy atom. The van der Waals surface area contributed by atoms with Crippen LogP contribution in [0.2, 0.25) is 0 Å². The van der Waals surface area contributed by atoms with E-state index >= 15 is 0 Å². The van der Waals surface area contributed by atoms with Gasteiger partial charge in [0.2, 0.25) is 0 Å². The van der Waals surface area contributed by atoms with Crippen molar-refractivity contribution in [2.75, 3.05) is 0 Å². The van der Waals surface area contributed by atoms with E-state index in [0.29, 0.717) is 5.69 Å². The Morgan fingerprint density at radius 2 is 2.15 bits per heavy atom. The molecule has 20 heavy (non-hydrogen) atoms. The number of amides is 1. The maximum absolute atomic E-state index is 12.9. The fourth-order valence-electron chi connectivity index (χ4n) is 2.43. The molecular weight excluding hydrogens is 318 g/mol. The average Bonchev–Trinajstić information content (AvgIpc) is 3.10. The first-order valence-electron chi connectivity index (χ1n) is 6.90. The van der Waals surface area contributed by atoms with Crippen LogP contribution in [0.25, 0.3) is 0 Å². The van der Waals surface area contributed by atoms with Gasteiger partial charge in [-0.1, -0.05) is 0 Å². The molecule has 0 saturated heterocycles. The SMILES string of the molecule is CC(C)n1cc(Br)cc1C(=O)N(C1CC1)C(C)(C)C#N. The third kappa shape index (κ3) is 2.76. The Hall–Kier alpha value is -1.28. The van der Waals surface area contributed by atoms with E-state index in [9.17, 15) is 10.1 Å². The van der Waals surface area contributed by atoms with Crippen molar-refractivity contribution in [1.29, 1.82) is 5.26 Å². The van der Waals surface area contributed by atoms with E-state index in [2.05, 4.69) is 22.0 Å². The predicted molar refractivity (Wildman–Crippen MR) is 81.4 cm³/mol. The minimum absolute atomic E-state index is 0.0570. The van der Waals surface area contributed by atoms with Crippen LogP contribution in [0, 0.1) is 11.3 Å². The van der Waals surface area contributed by atoms with Gasteiger partial charge in [-0.25, -0.2) is 0 Å². The minimum atomic E-state index is -0.781. The number of halogens is 1. The van der Waals surface area contributed by atoms with Gasteiger partial charge in [-0.05, 0) is 62.5 Å². The summed E-state index contributed by atoms with van der Waals surface area (Å²) in [6.45, 7) is 7.70. The maximum atomic E-state index is 12.9.